The van der Waals surface area contributed by atoms with Crippen LogP contribution < -0.4 is 5.73 Å². The van der Waals surface area contributed by atoms with Crippen LogP contribution in [-0.4, -0.2) is 9.97 Å². The molecule has 12 heavy (non-hydrogen) atoms. The highest BCUT2D eigenvalue weighted by Crippen LogP contribution is 2.23. The van der Waals surface area contributed by atoms with Gasteiger partial charge in [-0.3, -0.25) is 4.98 Å². The smallest absolute Gasteiger partial charge is 0.110 e. The van der Waals surface area contributed by atoms with Crippen LogP contribution in [0.2, 0.25) is 0 Å². The molecule has 0 amide bonds. The molecule has 0 radical (unpaired) electrons. The maximum atomic E-state index is 5.71. The molecule has 0 fully saturated rings. The van der Waals surface area contributed by atoms with Gasteiger partial charge in [0.15, 0.2) is 0 Å². The Morgan fingerprint density at radius 2 is 2.42 bits per heavy atom. The lowest BCUT2D eigenvalue weighted by atomic mass is 10.4. The molecule has 2 aromatic rings. The Kier molecular flexibility index (Phi) is 1.78. The maximum absolute atomic E-state index is 5.71. The SMILES string of the molecule is CC(N)c1nc2cnccc2s1. The average molecular weight is 179 g/mol. The van der Waals surface area contributed by atoms with E-state index in [1.807, 2.05) is 13.0 Å². The first-order valence-corrected chi connectivity index (χ1v) is 4.55. The second-order valence-corrected chi connectivity index (χ2v) is 3.75. The second kappa shape index (κ2) is 2.80. The van der Waals surface area contributed by atoms with Crippen molar-refractivity contribution in [2.45, 2.75) is 13.0 Å². The molecule has 2 heterocycles. The highest BCUT2D eigenvalue weighted by Gasteiger charge is 2.06. The van der Waals surface area contributed by atoms with E-state index in [4.69, 9.17) is 5.73 Å². The first kappa shape index (κ1) is 7.64. The molecule has 0 aromatic carbocycles. The van der Waals surface area contributed by atoms with E-state index in [1.165, 1.54) is 0 Å². The van der Waals surface area contributed by atoms with Gasteiger partial charge in [-0.1, -0.05) is 0 Å². The first-order valence-electron chi connectivity index (χ1n) is 3.73. The first-order chi connectivity index (χ1) is 5.77. The summed E-state index contributed by atoms with van der Waals surface area (Å²) in [5, 5.41) is 0.970. The van der Waals surface area contributed by atoms with Crippen LogP contribution in [0.25, 0.3) is 10.2 Å². The van der Waals surface area contributed by atoms with Crippen LogP contribution in [0.4, 0.5) is 0 Å². The molecule has 3 nitrogen and oxygen atoms in total. The van der Waals surface area contributed by atoms with E-state index < -0.39 is 0 Å². The van der Waals surface area contributed by atoms with E-state index >= 15 is 0 Å². The minimum Gasteiger partial charge on any atom is -0.322 e. The number of nitrogens with two attached hydrogens (primary N) is 1. The van der Waals surface area contributed by atoms with E-state index in [0.29, 0.717) is 0 Å². The fourth-order valence-electron chi connectivity index (χ4n) is 0.993. The van der Waals surface area contributed by atoms with Crippen molar-refractivity contribution in [3.63, 3.8) is 0 Å². The minimum atomic E-state index is 0.0161. The molecule has 0 saturated heterocycles. The zero-order valence-corrected chi connectivity index (χ0v) is 7.51. The van der Waals surface area contributed by atoms with Gasteiger partial charge < -0.3 is 5.73 Å². The van der Waals surface area contributed by atoms with Crippen LogP contribution in [0.1, 0.15) is 18.0 Å². The summed E-state index contributed by atoms with van der Waals surface area (Å²) < 4.78 is 1.15. The second-order valence-electron chi connectivity index (χ2n) is 2.68. The maximum Gasteiger partial charge on any atom is 0.110 e. The highest BCUT2D eigenvalue weighted by atomic mass is 32.1. The molecular weight excluding hydrogens is 170 g/mol. The van der Waals surface area contributed by atoms with E-state index in [9.17, 15) is 0 Å². The number of nitrogens with zero attached hydrogens (tertiary/aromatic N) is 2. The molecule has 0 saturated carbocycles. The van der Waals surface area contributed by atoms with Gasteiger partial charge in [-0.05, 0) is 13.0 Å². The van der Waals surface area contributed by atoms with Gasteiger partial charge in [-0.25, -0.2) is 4.98 Å². The van der Waals surface area contributed by atoms with Crippen molar-refractivity contribution in [1.82, 2.24) is 9.97 Å². The van der Waals surface area contributed by atoms with Gasteiger partial charge in [0.25, 0.3) is 0 Å². The Balaban J connectivity index is 2.62. The number of fused-ring (bicyclic) bond motifs is 1. The molecule has 0 aliphatic carbocycles. The standard InChI is InChI=1S/C8H9N3S/c1-5(9)8-11-6-4-10-3-2-7(6)12-8/h2-5H,9H2,1H3. The molecule has 0 spiro atoms. The third kappa shape index (κ3) is 1.19. The molecule has 0 bridgehead atoms. The molecule has 0 aliphatic rings. The van der Waals surface area contributed by atoms with E-state index in [0.717, 1.165) is 15.2 Å². The molecule has 62 valence electrons. The Bertz CT molecular complexity index is 361. The van der Waals surface area contributed by atoms with Crippen molar-refractivity contribution in [2.24, 2.45) is 5.73 Å². The Morgan fingerprint density at radius 3 is 3.08 bits per heavy atom. The normalized spacial score (nSPS) is 13.5. The zero-order chi connectivity index (χ0) is 8.55. The third-order valence-electron chi connectivity index (χ3n) is 1.60. The van der Waals surface area contributed by atoms with Crippen molar-refractivity contribution in [3.05, 3.63) is 23.5 Å². The van der Waals surface area contributed by atoms with Crippen LogP contribution in [0, 0.1) is 0 Å². The van der Waals surface area contributed by atoms with Gasteiger partial charge in [-0.15, -0.1) is 11.3 Å². The number of hydrogen-bond acceptors (Lipinski definition) is 4. The van der Waals surface area contributed by atoms with Crippen molar-refractivity contribution < 1.29 is 0 Å². The lowest BCUT2D eigenvalue weighted by molar-refractivity contribution is 0.810. The zero-order valence-electron chi connectivity index (χ0n) is 6.69. The monoisotopic (exact) mass is 179 g/mol. The molecule has 1 unspecified atom stereocenters. The summed E-state index contributed by atoms with van der Waals surface area (Å²) in [5.41, 5.74) is 6.64. The van der Waals surface area contributed by atoms with Crippen molar-refractivity contribution in [1.29, 1.82) is 0 Å². The Hall–Kier alpha value is -1.00. The topological polar surface area (TPSA) is 51.8 Å². The van der Waals surface area contributed by atoms with Gasteiger partial charge >= 0.3 is 0 Å². The third-order valence-corrected chi connectivity index (χ3v) is 2.83. The largest absolute Gasteiger partial charge is 0.322 e. The predicted octanol–water partition coefficient (Wildman–Crippen LogP) is 1.71. The minimum absolute atomic E-state index is 0.0161. The van der Waals surface area contributed by atoms with Gasteiger partial charge in [0.05, 0.1) is 22.5 Å². The van der Waals surface area contributed by atoms with Crippen LogP contribution in [0.15, 0.2) is 18.5 Å². The van der Waals surface area contributed by atoms with E-state index in [-0.39, 0.29) is 6.04 Å². The Labute approximate surface area is 74.3 Å². The van der Waals surface area contributed by atoms with E-state index in [1.54, 1.807) is 23.7 Å². The van der Waals surface area contributed by atoms with Crippen molar-refractivity contribution in [2.75, 3.05) is 0 Å². The lowest BCUT2D eigenvalue weighted by Crippen LogP contribution is -2.03. The molecule has 2 rings (SSSR count). The Morgan fingerprint density at radius 1 is 1.58 bits per heavy atom. The summed E-state index contributed by atoms with van der Waals surface area (Å²) in [7, 11) is 0. The van der Waals surface area contributed by atoms with Crippen molar-refractivity contribution >= 4 is 21.6 Å². The lowest BCUT2D eigenvalue weighted by Gasteiger charge is -1.95. The molecule has 2 N–H and O–H groups in total. The summed E-state index contributed by atoms with van der Waals surface area (Å²) in [6.45, 7) is 1.94. The molecule has 1 atom stereocenters. The number of thiazole rings is 1. The van der Waals surface area contributed by atoms with E-state index in [2.05, 4.69) is 9.97 Å². The average Bonchev–Trinajstić information content (AvgIpc) is 2.46. The molecule has 2 aromatic heterocycles. The summed E-state index contributed by atoms with van der Waals surface area (Å²) in [4.78, 5) is 8.33. The van der Waals surface area contributed by atoms with Crippen LogP contribution in [0.3, 0.4) is 0 Å². The molecule has 0 aliphatic heterocycles. The molecular formula is C8H9N3S. The van der Waals surface area contributed by atoms with Gasteiger partial charge in [0.2, 0.25) is 0 Å². The van der Waals surface area contributed by atoms with Gasteiger partial charge in [0, 0.05) is 6.20 Å². The van der Waals surface area contributed by atoms with Gasteiger partial charge in [-0.2, -0.15) is 0 Å². The van der Waals surface area contributed by atoms with Gasteiger partial charge in [0.1, 0.15) is 5.01 Å². The molecule has 4 heteroatoms. The van der Waals surface area contributed by atoms with Crippen LogP contribution >= 0.6 is 11.3 Å². The van der Waals surface area contributed by atoms with Crippen LogP contribution in [-0.2, 0) is 0 Å². The predicted molar refractivity (Wildman–Crippen MR) is 50.0 cm³/mol. The summed E-state index contributed by atoms with van der Waals surface area (Å²) in [6.07, 6.45) is 3.53. The fourth-order valence-corrected chi connectivity index (χ4v) is 1.88. The summed E-state index contributed by atoms with van der Waals surface area (Å²) in [5.74, 6) is 0. The number of pyridine rings is 1. The highest BCUT2D eigenvalue weighted by molar-refractivity contribution is 7.18. The van der Waals surface area contributed by atoms with Crippen molar-refractivity contribution in [3.8, 4) is 0 Å². The summed E-state index contributed by atoms with van der Waals surface area (Å²) in [6, 6.07) is 1.97. The number of hydrogen-bond donors (Lipinski definition) is 1. The summed E-state index contributed by atoms with van der Waals surface area (Å²) >= 11 is 1.63. The number of rotatable bonds is 1. The number of aromatic nitrogens is 2. The fraction of sp³-hybridized carbons (Fsp3) is 0.250. The van der Waals surface area contributed by atoms with Crippen LogP contribution in [0.5, 0.6) is 0 Å². The quantitative estimate of drug-likeness (QED) is 0.725.